The maximum Gasteiger partial charge on any atom is 0.306 e. The van der Waals surface area contributed by atoms with Crippen LogP contribution in [0.2, 0.25) is 0 Å². The van der Waals surface area contributed by atoms with Gasteiger partial charge in [0.2, 0.25) is 0 Å². The molecule has 0 amide bonds. The molecular formula is C57H90O18. The fourth-order valence-electron chi connectivity index (χ4n) is 7.67. The van der Waals surface area contributed by atoms with Crippen LogP contribution in [-0.4, -0.2) is 116 Å². The summed E-state index contributed by atoms with van der Waals surface area (Å²) in [5.74, 6) is -6.22. The maximum absolute atomic E-state index is 13.4. The number of Topliss-reactive ketones (excluding diaryl/α,β-unsaturated/α-hetero) is 4. The van der Waals surface area contributed by atoms with Crippen molar-refractivity contribution >= 4 is 58.9 Å². The second-order valence-corrected chi connectivity index (χ2v) is 19.4. The van der Waals surface area contributed by atoms with Gasteiger partial charge in [0.05, 0.1) is 32.3 Å². The number of ether oxygens (including phenoxy) is 8. The Kier molecular flexibility index (Phi) is 39.0. The highest BCUT2D eigenvalue weighted by atomic mass is 16.7. The van der Waals surface area contributed by atoms with Gasteiger partial charge in [0.1, 0.15) is 42.5 Å². The Morgan fingerprint density at radius 1 is 0.413 bits per heavy atom. The first kappa shape index (κ1) is 67.9. The zero-order chi connectivity index (χ0) is 55.6. The molecule has 1 fully saturated rings. The normalized spacial score (nSPS) is 17.8. The van der Waals surface area contributed by atoms with Crippen LogP contribution in [0.15, 0.2) is 24.3 Å². The summed E-state index contributed by atoms with van der Waals surface area (Å²) < 4.78 is 46.7. The standard InChI is InChI=1S/C57H90O18/c1-7-9-11-13-15-16-17-18-19-20-21-22-24-26-28-30-50(64)71-46(39-68-48(62)29-27-25-23-14-12-10-8-2)40-70-57-56(75-53(67)38-34-45(6)61)55(74-52(66)37-33-44(5)60)54(73-51(65)36-32-43(4)59)47(72-57)41-69-49(63)35-31-42(3)58/h15-16,18-19,46-47,54-57H,7-14,17,20-41H2,1-6H3/b16-15+,19-18+/t46?,47-,54+,55+,56-,57-/m1/s1. The summed E-state index contributed by atoms with van der Waals surface area (Å²) in [6, 6.07) is 0. The van der Waals surface area contributed by atoms with E-state index in [1.165, 1.54) is 47.0 Å². The minimum atomic E-state index is -1.79. The van der Waals surface area contributed by atoms with Crippen LogP contribution in [0.1, 0.15) is 221 Å². The van der Waals surface area contributed by atoms with E-state index in [0.717, 1.165) is 83.5 Å². The van der Waals surface area contributed by atoms with Gasteiger partial charge in [-0.15, -0.1) is 0 Å². The second-order valence-electron chi connectivity index (χ2n) is 19.4. The van der Waals surface area contributed by atoms with E-state index in [9.17, 15) is 47.9 Å². The Morgan fingerprint density at radius 3 is 1.35 bits per heavy atom. The largest absolute Gasteiger partial charge is 0.463 e. The Hall–Kier alpha value is -5.10. The smallest absolute Gasteiger partial charge is 0.306 e. The van der Waals surface area contributed by atoms with Crippen molar-refractivity contribution in [2.75, 3.05) is 19.8 Å². The highest BCUT2D eigenvalue weighted by Gasteiger charge is 2.53. The van der Waals surface area contributed by atoms with Crippen LogP contribution in [0.25, 0.3) is 0 Å². The Bertz CT molecular complexity index is 1790. The third kappa shape index (κ3) is 36.5. The predicted molar refractivity (Wildman–Crippen MR) is 278 cm³/mol. The van der Waals surface area contributed by atoms with Crippen LogP contribution >= 0.6 is 0 Å². The molecule has 1 aliphatic rings. The average molecular weight is 1060 g/mol. The molecule has 0 aromatic heterocycles. The second kappa shape index (κ2) is 43.0. The van der Waals surface area contributed by atoms with Gasteiger partial charge in [-0.1, -0.05) is 109 Å². The molecule has 0 N–H and O–H groups in total. The lowest BCUT2D eigenvalue weighted by Crippen LogP contribution is -2.63. The van der Waals surface area contributed by atoms with Crippen molar-refractivity contribution in [2.45, 2.75) is 258 Å². The van der Waals surface area contributed by atoms with E-state index in [1.54, 1.807) is 0 Å². The summed E-state index contributed by atoms with van der Waals surface area (Å²) in [4.78, 5) is 127. The van der Waals surface area contributed by atoms with Crippen molar-refractivity contribution in [2.24, 2.45) is 0 Å². The number of ketones is 4. The fourth-order valence-corrected chi connectivity index (χ4v) is 7.67. The highest BCUT2D eigenvalue weighted by molar-refractivity contribution is 5.83. The van der Waals surface area contributed by atoms with Crippen LogP contribution in [0.5, 0.6) is 0 Å². The molecule has 0 aromatic rings. The number of carbonyl (C=O) groups is 10. The molecule has 75 heavy (non-hydrogen) atoms. The van der Waals surface area contributed by atoms with Gasteiger partial charge >= 0.3 is 35.8 Å². The summed E-state index contributed by atoms with van der Waals surface area (Å²) in [7, 11) is 0. The Labute approximate surface area is 445 Å². The third-order valence-corrected chi connectivity index (χ3v) is 12.0. The lowest BCUT2D eigenvalue weighted by molar-refractivity contribution is -0.312. The lowest BCUT2D eigenvalue weighted by Gasteiger charge is -2.44. The van der Waals surface area contributed by atoms with Crippen molar-refractivity contribution in [3.63, 3.8) is 0 Å². The van der Waals surface area contributed by atoms with Gasteiger partial charge in [0.15, 0.2) is 30.7 Å². The Balaban J connectivity index is 3.46. The monoisotopic (exact) mass is 1060 g/mol. The van der Waals surface area contributed by atoms with E-state index in [0.29, 0.717) is 12.8 Å². The summed E-state index contributed by atoms with van der Waals surface area (Å²) in [5.41, 5.74) is 0. The molecule has 0 radical (unpaired) electrons. The van der Waals surface area contributed by atoms with Gasteiger partial charge in [-0.25, -0.2) is 0 Å². The molecule has 426 valence electrons. The van der Waals surface area contributed by atoms with Crippen LogP contribution in [0.4, 0.5) is 0 Å². The molecule has 0 bridgehead atoms. The minimum Gasteiger partial charge on any atom is -0.463 e. The number of hydrogen-bond acceptors (Lipinski definition) is 18. The van der Waals surface area contributed by atoms with Crippen molar-refractivity contribution in [1.82, 2.24) is 0 Å². The number of rotatable bonds is 45. The zero-order valence-corrected chi connectivity index (χ0v) is 46.0. The molecule has 0 aromatic carbocycles. The molecule has 0 saturated carbocycles. The average Bonchev–Trinajstić information content (AvgIpc) is 3.36. The van der Waals surface area contributed by atoms with Gasteiger partial charge in [-0.2, -0.15) is 0 Å². The SMILES string of the molecule is CCCCC/C=C/C/C=C/CCCCCCCC(=O)OC(COC(=O)CCCCCCCCC)CO[C@@H]1O[C@H](COC(=O)CCC(C)=O)[C@H](OC(=O)CCC(C)=O)[C@H](OC(=O)CCC(C)=O)[C@H]1OC(=O)CCC(C)=O. The topological polar surface area (TPSA) is 245 Å². The number of carbonyl (C=O) groups excluding carboxylic acids is 10. The third-order valence-electron chi connectivity index (χ3n) is 12.0. The molecule has 1 heterocycles. The van der Waals surface area contributed by atoms with E-state index in [2.05, 4.69) is 38.2 Å². The van der Waals surface area contributed by atoms with Gasteiger partial charge in [-0.05, 0) is 72.6 Å². The quantitative estimate of drug-likeness (QED) is 0.0238. The molecule has 1 saturated heterocycles. The van der Waals surface area contributed by atoms with Crippen LogP contribution in [0.3, 0.4) is 0 Å². The van der Waals surface area contributed by atoms with E-state index >= 15 is 0 Å². The summed E-state index contributed by atoms with van der Waals surface area (Å²) in [5, 5.41) is 0. The molecule has 1 aliphatic heterocycles. The molecule has 0 spiro atoms. The fraction of sp³-hybridized carbons (Fsp3) is 0.754. The highest BCUT2D eigenvalue weighted by Crippen LogP contribution is 2.31. The molecule has 6 atom stereocenters. The predicted octanol–water partition coefficient (Wildman–Crippen LogP) is 9.89. The van der Waals surface area contributed by atoms with Crippen molar-refractivity contribution in [1.29, 1.82) is 0 Å². The van der Waals surface area contributed by atoms with Crippen LogP contribution < -0.4 is 0 Å². The van der Waals surface area contributed by atoms with Crippen LogP contribution in [0, 0.1) is 0 Å². The van der Waals surface area contributed by atoms with Gasteiger partial charge in [-0.3, -0.25) is 28.8 Å². The summed E-state index contributed by atoms with van der Waals surface area (Å²) in [6.45, 7) is 7.74. The molecule has 18 nitrogen and oxygen atoms in total. The molecule has 1 rings (SSSR count). The lowest BCUT2D eigenvalue weighted by atomic mass is 9.97. The molecule has 18 heteroatoms. The molecule has 1 unspecified atom stereocenters. The summed E-state index contributed by atoms with van der Waals surface area (Å²) >= 11 is 0. The first-order valence-corrected chi connectivity index (χ1v) is 27.6. The van der Waals surface area contributed by atoms with Gasteiger partial charge in [0, 0.05) is 38.5 Å². The van der Waals surface area contributed by atoms with Crippen molar-refractivity contribution in [3.05, 3.63) is 24.3 Å². The van der Waals surface area contributed by atoms with E-state index < -0.39 is 112 Å². The van der Waals surface area contributed by atoms with Crippen molar-refractivity contribution < 1.29 is 85.8 Å². The minimum absolute atomic E-state index is 0.0509. The van der Waals surface area contributed by atoms with E-state index in [4.69, 9.17) is 37.9 Å². The number of esters is 6. The van der Waals surface area contributed by atoms with E-state index in [1.807, 2.05) is 0 Å². The number of allylic oxidation sites excluding steroid dienone is 4. The zero-order valence-electron chi connectivity index (χ0n) is 46.0. The van der Waals surface area contributed by atoms with Crippen molar-refractivity contribution in [3.8, 4) is 0 Å². The number of unbranched alkanes of at least 4 members (excludes halogenated alkanes) is 14. The molecular weight excluding hydrogens is 973 g/mol. The number of hydrogen-bond donors (Lipinski definition) is 0. The van der Waals surface area contributed by atoms with Gasteiger partial charge in [0.25, 0.3) is 0 Å². The molecule has 0 aliphatic carbocycles. The Morgan fingerprint density at radius 2 is 0.827 bits per heavy atom. The van der Waals surface area contributed by atoms with Crippen LogP contribution in [-0.2, 0) is 85.8 Å². The van der Waals surface area contributed by atoms with E-state index in [-0.39, 0.29) is 68.1 Å². The first-order chi connectivity index (χ1) is 35.9. The maximum atomic E-state index is 13.4. The summed E-state index contributed by atoms with van der Waals surface area (Å²) in [6.07, 6.45) is 14.4. The first-order valence-electron chi connectivity index (χ1n) is 27.6. The van der Waals surface area contributed by atoms with Gasteiger partial charge < -0.3 is 57.1 Å².